The van der Waals surface area contributed by atoms with E-state index >= 15 is 0 Å². The highest BCUT2D eigenvalue weighted by atomic mass is 16.2. The second-order valence-corrected chi connectivity index (χ2v) is 8.37. The molecule has 5 heterocycles. The smallest absolute Gasteiger partial charge is 0.274 e. The Balaban J connectivity index is 1.27. The fourth-order valence-electron chi connectivity index (χ4n) is 4.72. The number of hydrogen-bond donors (Lipinski definition) is 0. The summed E-state index contributed by atoms with van der Waals surface area (Å²) >= 11 is 0. The van der Waals surface area contributed by atoms with Crippen molar-refractivity contribution in [3.63, 3.8) is 0 Å². The monoisotopic (exact) mass is 397 g/mol. The maximum absolute atomic E-state index is 13.0. The van der Waals surface area contributed by atoms with E-state index in [0.717, 1.165) is 37.5 Å². The van der Waals surface area contributed by atoms with Crippen LogP contribution in [0.4, 0.5) is 0 Å². The summed E-state index contributed by atoms with van der Waals surface area (Å²) in [6.45, 7) is 3.63. The van der Waals surface area contributed by atoms with Gasteiger partial charge in [-0.1, -0.05) is 6.42 Å². The second kappa shape index (κ2) is 7.27. The molecule has 0 unspecified atom stereocenters. The van der Waals surface area contributed by atoms with Gasteiger partial charge < -0.3 is 14.4 Å². The van der Waals surface area contributed by atoms with E-state index in [-0.39, 0.29) is 11.8 Å². The maximum atomic E-state index is 13.0. The van der Waals surface area contributed by atoms with Crippen LogP contribution in [0.2, 0.25) is 0 Å². The lowest BCUT2D eigenvalue weighted by Crippen LogP contribution is -2.38. The quantitative estimate of drug-likeness (QED) is 0.762. The van der Waals surface area contributed by atoms with Crippen LogP contribution in [-0.4, -0.2) is 72.8 Å². The molecule has 9 heteroatoms. The Labute approximate surface area is 169 Å². The standard InChI is InChI=1S/C20H27N7O2/c1-24-11-12-27-16(20(24)29)13-15(23-27)19(28)25-9-6-14(7-10-25)18-22-21-17-5-3-2-4-8-26(17)18/h13-14H,2-12H2,1H3. The maximum Gasteiger partial charge on any atom is 0.274 e. The van der Waals surface area contributed by atoms with E-state index in [1.54, 1.807) is 22.7 Å². The number of likely N-dealkylation sites (tertiary alicyclic amines) is 1. The van der Waals surface area contributed by atoms with E-state index in [0.29, 0.717) is 43.5 Å². The number of hydrogen-bond acceptors (Lipinski definition) is 5. The van der Waals surface area contributed by atoms with Crippen molar-refractivity contribution in [2.24, 2.45) is 0 Å². The number of fused-ring (bicyclic) bond motifs is 2. The average Bonchev–Trinajstić information content (AvgIpc) is 3.28. The average molecular weight is 397 g/mol. The molecule has 0 spiro atoms. The molecule has 0 atom stereocenters. The van der Waals surface area contributed by atoms with Gasteiger partial charge in [0.25, 0.3) is 11.8 Å². The van der Waals surface area contributed by atoms with Gasteiger partial charge in [-0.3, -0.25) is 14.3 Å². The third-order valence-corrected chi connectivity index (χ3v) is 6.50. The molecule has 3 aliphatic heterocycles. The van der Waals surface area contributed by atoms with Crippen LogP contribution in [-0.2, 0) is 19.5 Å². The fraction of sp³-hybridized carbons (Fsp3) is 0.650. The van der Waals surface area contributed by atoms with E-state index in [9.17, 15) is 9.59 Å². The first-order valence-electron chi connectivity index (χ1n) is 10.7. The van der Waals surface area contributed by atoms with Crippen LogP contribution in [0.1, 0.15) is 70.6 Å². The van der Waals surface area contributed by atoms with E-state index in [2.05, 4.69) is 19.9 Å². The molecular weight excluding hydrogens is 370 g/mol. The Morgan fingerprint density at radius 3 is 2.69 bits per heavy atom. The molecule has 2 amide bonds. The van der Waals surface area contributed by atoms with Crippen LogP contribution in [0.5, 0.6) is 0 Å². The lowest BCUT2D eigenvalue weighted by Gasteiger charge is -2.31. The minimum atomic E-state index is -0.0825. The molecule has 2 aromatic heterocycles. The molecule has 1 saturated heterocycles. The Kier molecular flexibility index (Phi) is 4.60. The lowest BCUT2D eigenvalue weighted by atomic mass is 9.95. The molecule has 0 bridgehead atoms. The number of nitrogens with zero attached hydrogens (tertiary/aromatic N) is 7. The van der Waals surface area contributed by atoms with Gasteiger partial charge in [-0.2, -0.15) is 5.10 Å². The van der Waals surface area contributed by atoms with Crippen molar-refractivity contribution in [3.8, 4) is 0 Å². The molecule has 3 aliphatic rings. The molecule has 0 N–H and O–H groups in total. The van der Waals surface area contributed by atoms with Crippen LogP contribution in [0.3, 0.4) is 0 Å². The van der Waals surface area contributed by atoms with Crippen molar-refractivity contribution < 1.29 is 9.59 Å². The van der Waals surface area contributed by atoms with E-state index in [1.807, 2.05) is 4.90 Å². The number of aromatic nitrogens is 5. The van der Waals surface area contributed by atoms with Gasteiger partial charge in [0.15, 0.2) is 5.69 Å². The van der Waals surface area contributed by atoms with Crippen molar-refractivity contribution >= 4 is 11.8 Å². The molecule has 0 radical (unpaired) electrons. The summed E-state index contributed by atoms with van der Waals surface area (Å²) < 4.78 is 3.98. The topological polar surface area (TPSA) is 89.2 Å². The number of aryl methyl sites for hydroxylation is 1. The molecule has 0 aromatic carbocycles. The normalized spacial score (nSPS) is 20.4. The molecule has 0 aliphatic carbocycles. The van der Waals surface area contributed by atoms with Gasteiger partial charge in [-0.25, -0.2) is 0 Å². The second-order valence-electron chi connectivity index (χ2n) is 8.37. The molecular formula is C20H27N7O2. The van der Waals surface area contributed by atoms with Crippen molar-refractivity contribution in [3.05, 3.63) is 29.1 Å². The zero-order chi connectivity index (χ0) is 20.0. The minimum absolute atomic E-state index is 0.0750. The van der Waals surface area contributed by atoms with Gasteiger partial charge in [0, 0.05) is 51.6 Å². The number of carbonyl (C=O) groups excluding carboxylic acids is 2. The Morgan fingerprint density at radius 1 is 1.03 bits per heavy atom. The first kappa shape index (κ1) is 18.3. The lowest BCUT2D eigenvalue weighted by molar-refractivity contribution is 0.0699. The third kappa shape index (κ3) is 3.22. The highest BCUT2D eigenvalue weighted by Crippen LogP contribution is 2.29. The molecule has 9 nitrogen and oxygen atoms in total. The van der Waals surface area contributed by atoms with Crippen LogP contribution in [0, 0.1) is 0 Å². The number of amides is 2. The van der Waals surface area contributed by atoms with Crippen molar-refractivity contribution in [1.29, 1.82) is 0 Å². The van der Waals surface area contributed by atoms with Crippen molar-refractivity contribution in [2.75, 3.05) is 26.7 Å². The van der Waals surface area contributed by atoms with E-state index in [1.165, 1.54) is 19.3 Å². The zero-order valence-electron chi connectivity index (χ0n) is 16.9. The number of likely N-dealkylation sites (N-methyl/N-ethyl adjacent to an activating group) is 1. The number of carbonyl (C=O) groups is 2. The SMILES string of the molecule is CN1CCn2nc(C(=O)N3CCC(c4nnc5n4CCCCC5)CC3)cc2C1=O. The van der Waals surface area contributed by atoms with Crippen molar-refractivity contribution in [2.45, 2.75) is 57.5 Å². The highest BCUT2D eigenvalue weighted by molar-refractivity contribution is 5.98. The summed E-state index contributed by atoms with van der Waals surface area (Å²) in [6, 6.07) is 1.64. The first-order chi connectivity index (χ1) is 14.1. The first-order valence-corrected chi connectivity index (χ1v) is 10.7. The Morgan fingerprint density at radius 2 is 1.86 bits per heavy atom. The largest absolute Gasteiger partial charge is 0.339 e. The molecule has 5 rings (SSSR count). The molecule has 2 aromatic rings. The predicted octanol–water partition coefficient (Wildman–Crippen LogP) is 1.31. The summed E-state index contributed by atoms with van der Waals surface area (Å²) in [5.74, 6) is 2.41. The summed E-state index contributed by atoms with van der Waals surface area (Å²) in [5.41, 5.74) is 0.876. The fourth-order valence-corrected chi connectivity index (χ4v) is 4.72. The predicted molar refractivity (Wildman–Crippen MR) is 105 cm³/mol. The summed E-state index contributed by atoms with van der Waals surface area (Å²) in [4.78, 5) is 28.8. The van der Waals surface area contributed by atoms with E-state index < -0.39 is 0 Å². The summed E-state index contributed by atoms with van der Waals surface area (Å²) in [7, 11) is 1.77. The third-order valence-electron chi connectivity index (χ3n) is 6.50. The van der Waals surface area contributed by atoms with Gasteiger partial charge in [0.1, 0.15) is 17.3 Å². The van der Waals surface area contributed by atoms with Gasteiger partial charge in [0.05, 0.1) is 6.54 Å². The molecule has 1 fully saturated rings. The Hall–Kier alpha value is -2.71. The molecule has 154 valence electrons. The minimum Gasteiger partial charge on any atom is -0.339 e. The zero-order valence-corrected chi connectivity index (χ0v) is 16.9. The number of rotatable bonds is 2. The van der Waals surface area contributed by atoms with Gasteiger partial charge >= 0.3 is 0 Å². The number of piperidine rings is 1. The van der Waals surface area contributed by atoms with Gasteiger partial charge in [-0.05, 0) is 25.7 Å². The van der Waals surface area contributed by atoms with Crippen molar-refractivity contribution in [1.82, 2.24) is 34.3 Å². The van der Waals surface area contributed by atoms with Gasteiger partial charge in [0.2, 0.25) is 0 Å². The van der Waals surface area contributed by atoms with Gasteiger partial charge in [-0.15, -0.1) is 10.2 Å². The van der Waals surface area contributed by atoms with Crippen LogP contribution < -0.4 is 0 Å². The summed E-state index contributed by atoms with van der Waals surface area (Å²) in [6.07, 6.45) is 6.43. The molecule has 0 saturated carbocycles. The van der Waals surface area contributed by atoms with Crippen LogP contribution in [0.25, 0.3) is 0 Å². The van der Waals surface area contributed by atoms with E-state index in [4.69, 9.17) is 0 Å². The molecule has 29 heavy (non-hydrogen) atoms. The summed E-state index contributed by atoms with van der Waals surface area (Å²) in [5, 5.41) is 13.3. The van der Waals surface area contributed by atoms with Crippen LogP contribution >= 0.6 is 0 Å². The Bertz CT molecular complexity index is 939. The highest BCUT2D eigenvalue weighted by Gasteiger charge is 2.31. The van der Waals surface area contributed by atoms with Crippen LogP contribution in [0.15, 0.2) is 6.07 Å².